The minimum atomic E-state index is -0.770. The molecule has 0 fully saturated rings. The topological polar surface area (TPSA) is 78.9 Å². The molecule has 0 saturated carbocycles. The first-order valence-electron chi connectivity index (χ1n) is 32.5. The first-order valence-corrected chi connectivity index (χ1v) is 32.5. The van der Waals surface area contributed by atoms with Crippen molar-refractivity contribution in [1.29, 1.82) is 0 Å². The third-order valence-corrected chi connectivity index (χ3v) is 14.6. The van der Waals surface area contributed by atoms with Crippen LogP contribution in [0.15, 0.2) is 36.5 Å². The number of rotatable bonds is 60. The van der Waals surface area contributed by atoms with Gasteiger partial charge in [0.05, 0.1) is 0 Å². The molecule has 0 spiro atoms. The molecule has 6 heteroatoms. The molecule has 0 N–H and O–H groups in total. The summed E-state index contributed by atoms with van der Waals surface area (Å²) in [5, 5.41) is 0. The smallest absolute Gasteiger partial charge is 0.306 e. The third-order valence-electron chi connectivity index (χ3n) is 14.6. The van der Waals surface area contributed by atoms with Gasteiger partial charge in [0, 0.05) is 19.3 Å². The van der Waals surface area contributed by atoms with Crippen LogP contribution in [0.3, 0.4) is 0 Å². The number of unbranched alkanes of at least 4 members (excludes halogenated alkanes) is 43. The minimum absolute atomic E-state index is 0.0703. The summed E-state index contributed by atoms with van der Waals surface area (Å²) in [6.07, 6.45) is 76.2. The number of carbonyl (C=O) groups excluding carboxylic acids is 3. The maximum atomic E-state index is 12.8. The zero-order chi connectivity index (χ0) is 52.9. The molecule has 0 saturated heterocycles. The van der Waals surface area contributed by atoms with Gasteiger partial charge in [0.1, 0.15) is 13.2 Å². The summed E-state index contributed by atoms with van der Waals surface area (Å²) < 4.78 is 16.8. The van der Waals surface area contributed by atoms with E-state index in [1.165, 1.54) is 244 Å². The summed E-state index contributed by atoms with van der Waals surface area (Å²) in [7, 11) is 0. The molecule has 0 heterocycles. The van der Waals surface area contributed by atoms with Crippen molar-refractivity contribution in [3.63, 3.8) is 0 Å². The van der Waals surface area contributed by atoms with Crippen molar-refractivity contribution in [2.24, 2.45) is 0 Å². The van der Waals surface area contributed by atoms with Crippen molar-refractivity contribution in [3.05, 3.63) is 36.5 Å². The van der Waals surface area contributed by atoms with Gasteiger partial charge in [-0.05, 0) is 77.0 Å². The fourth-order valence-electron chi connectivity index (χ4n) is 9.71. The molecule has 6 nitrogen and oxygen atoms in total. The van der Waals surface area contributed by atoms with Gasteiger partial charge in [0.25, 0.3) is 0 Å². The van der Waals surface area contributed by atoms with Crippen LogP contribution in [0.25, 0.3) is 0 Å². The van der Waals surface area contributed by atoms with Crippen LogP contribution >= 0.6 is 0 Å². The Hall–Kier alpha value is -2.37. The van der Waals surface area contributed by atoms with Gasteiger partial charge in [-0.15, -0.1) is 0 Å². The number of esters is 3. The average molecular weight is 1030 g/mol. The first kappa shape index (κ1) is 70.6. The summed E-state index contributed by atoms with van der Waals surface area (Å²) in [6, 6.07) is 0. The van der Waals surface area contributed by atoms with Crippen molar-refractivity contribution >= 4 is 17.9 Å². The van der Waals surface area contributed by atoms with Crippen LogP contribution in [0.1, 0.15) is 355 Å². The monoisotopic (exact) mass is 1020 g/mol. The molecule has 0 radical (unpaired) electrons. The summed E-state index contributed by atoms with van der Waals surface area (Å²) in [4.78, 5) is 38.0. The van der Waals surface area contributed by atoms with Crippen LogP contribution in [0, 0.1) is 0 Å². The summed E-state index contributed by atoms with van der Waals surface area (Å²) in [5.74, 6) is -0.864. The fourth-order valence-corrected chi connectivity index (χ4v) is 9.71. The molecule has 0 bridgehead atoms. The lowest BCUT2D eigenvalue weighted by Crippen LogP contribution is -2.30. The van der Waals surface area contributed by atoms with Gasteiger partial charge in [0.2, 0.25) is 0 Å². The second-order valence-corrected chi connectivity index (χ2v) is 22.0. The van der Waals surface area contributed by atoms with Crippen molar-refractivity contribution in [3.8, 4) is 0 Å². The Kier molecular flexibility index (Phi) is 60.2. The Morgan fingerprint density at radius 2 is 0.493 bits per heavy atom. The van der Waals surface area contributed by atoms with E-state index in [1.807, 2.05) is 0 Å². The van der Waals surface area contributed by atoms with Gasteiger partial charge >= 0.3 is 17.9 Å². The normalized spacial score (nSPS) is 12.2. The quantitative estimate of drug-likeness (QED) is 0.0261. The zero-order valence-electron chi connectivity index (χ0n) is 49.2. The van der Waals surface area contributed by atoms with Gasteiger partial charge in [-0.25, -0.2) is 0 Å². The lowest BCUT2D eigenvalue weighted by atomic mass is 10.0. The summed E-state index contributed by atoms with van der Waals surface area (Å²) in [6.45, 7) is 6.63. The molecule has 428 valence electrons. The molecule has 0 aromatic heterocycles. The number of hydrogen-bond donors (Lipinski definition) is 0. The second kappa shape index (κ2) is 62.2. The molecule has 0 rings (SSSR count). The van der Waals surface area contributed by atoms with Crippen LogP contribution in [0.4, 0.5) is 0 Å². The zero-order valence-corrected chi connectivity index (χ0v) is 49.2. The lowest BCUT2D eigenvalue weighted by Gasteiger charge is -2.18. The molecular weight excluding hydrogens is 901 g/mol. The molecule has 0 aliphatic heterocycles. The Morgan fingerprint density at radius 1 is 0.274 bits per heavy atom. The van der Waals surface area contributed by atoms with Crippen molar-refractivity contribution < 1.29 is 28.6 Å². The maximum Gasteiger partial charge on any atom is 0.306 e. The van der Waals surface area contributed by atoms with Crippen LogP contribution < -0.4 is 0 Å². The minimum Gasteiger partial charge on any atom is -0.462 e. The molecule has 0 amide bonds. The van der Waals surface area contributed by atoms with E-state index in [0.717, 1.165) is 70.6 Å². The number of hydrogen-bond acceptors (Lipinski definition) is 6. The SMILES string of the molecule is CCCCCCC/C=C\C/C=C\CCCCCCCCCCCCCCCCCCCCCCCC(=O)OCC(COC(=O)CCCCCCCCCC)OC(=O)CCCCCCC/C=C\CCCCCCC. The maximum absolute atomic E-state index is 12.8. The molecular formula is C67H124O6. The standard InChI is InChI=1S/C67H124O6/c1-4-7-10-13-16-19-21-23-25-26-27-28-29-30-31-32-33-34-35-36-37-38-39-40-41-42-43-45-46-48-51-54-57-60-66(69)72-63-64(62-71-65(68)59-56-53-50-18-15-12-9-6-3)73-67(70)61-58-55-52-49-47-44-24-22-20-17-14-11-8-5-2/h21-24,26-27,64H,4-20,25,28-63H2,1-3H3/b23-21-,24-22-,27-26-. The Labute approximate surface area is 455 Å². The number of carbonyl (C=O) groups is 3. The van der Waals surface area contributed by atoms with E-state index in [0.29, 0.717) is 19.3 Å². The van der Waals surface area contributed by atoms with E-state index in [-0.39, 0.29) is 31.1 Å². The van der Waals surface area contributed by atoms with Gasteiger partial charge in [-0.1, -0.05) is 295 Å². The van der Waals surface area contributed by atoms with Crippen LogP contribution in [-0.4, -0.2) is 37.2 Å². The molecule has 73 heavy (non-hydrogen) atoms. The van der Waals surface area contributed by atoms with Gasteiger partial charge in [-0.2, -0.15) is 0 Å². The molecule has 0 aliphatic rings. The highest BCUT2D eigenvalue weighted by atomic mass is 16.6. The molecule has 0 aromatic carbocycles. The van der Waals surface area contributed by atoms with Crippen molar-refractivity contribution in [2.75, 3.05) is 13.2 Å². The van der Waals surface area contributed by atoms with E-state index in [4.69, 9.17) is 14.2 Å². The Balaban J connectivity index is 3.97. The van der Waals surface area contributed by atoms with E-state index in [2.05, 4.69) is 57.2 Å². The van der Waals surface area contributed by atoms with Crippen LogP contribution in [0.2, 0.25) is 0 Å². The van der Waals surface area contributed by atoms with Crippen molar-refractivity contribution in [2.45, 2.75) is 361 Å². The van der Waals surface area contributed by atoms with Gasteiger partial charge < -0.3 is 14.2 Å². The molecule has 0 aliphatic carbocycles. The third kappa shape index (κ3) is 60.4. The van der Waals surface area contributed by atoms with Gasteiger partial charge in [-0.3, -0.25) is 14.4 Å². The number of allylic oxidation sites excluding steroid dienone is 6. The summed E-state index contributed by atoms with van der Waals surface area (Å²) >= 11 is 0. The van der Waals surface area contributed by atoms with E-state index < -0.39 is 6.10 Å². The highest BCUT2D eigenvalue weighted by molar-refractivity contribution is 5.71. The fraction of sp³-hybridized carbons (Fsp3) is 0.866. The Morgan fingerprint density at radius 3 is 0.767 bits per heavy atom. The highest BCUT2D eigenvalue weighted by Gasteiger charge is 2.19. The highest BCUT2D eigenvalue weighted by Crippen LogP contribution is 2.17. The predicted molar refractivity (Wildman–Crippen MR) is 316 cm³/mol. The predicted octanol–water partition coefficient (Wildman–Crippen LogP) is 22.0. The van der Waals surface area contributed by atoms with E-state index in [9.17, 15) is 14.4 Å². The second-order valence-electron chi connectivity index (χ2n) is 22.0. The van der Waals surface area contributed by atoms with E-state index >= 15 is 0 Å². The average Bonchev–Trinajstić information content (AvgIpc) is 3.39. The van der Waals surface area contributed by atoms with Crippen molar-refractivity contribution in [1.82, 2.24) is 0 Å². The molecule has 1 unspecified atom stereocenters. The van der Waals surface area contributed by atoms with Gasteiger partial charge in [0.15, 0.2) is 6.10 Å². The van der Waals surface area contributed by atoms with Crippen LogP contribution in [-0.2, 0) is 28.6 Å². The largest absolute Gasteiger partial charge is 0.462 e. The lowest BCUT2D eigenvalue weighted by molar-refractivity contribution is -0.167. The molecule has 1 atom stereocenters. The van der Waals surface area contributed by atoms with Crippen LogP contribution in [0.5, 0.6) is 0 Å². The summed E-state index contributed by atoms with van der Waals surface area (Å²) in [5.41, 5.74) is 0. The first-order chi connectivity index (χ1) is 36.0. The number of ether oxygens (including phenoxy) is 3. The van der Waals surface area contributed by atoms with E-state index in [1.54, 1.807) is 0 Å². The Bertz CT molecular complexity index is 1220. The molecule has 0 aromatic rings.